The van der Waals surface area contributed by atoms with E-state index >= 15 is 0 Å². The van der Waals surface area contributed by atoms with E-state index in [1.807, 2.05) is 32.9 Å². The number of carbonyl (C=O) groups is 1. The monoisotopic (exact) mass is 271 g/mol. The van der Waals surface area contributed by atoms with Gasteiger partial charge in [-0.1, -0.05) is 29.7 Å². The van der Waals surface area contributed by atoms with Gasteiger partial charge in [0.1, 0.15) is 13.4 Å². The molecule has 1 fully saturated rings. The molecule has 0 bridgehead atoms. The van der Waals surface area contributed by atoms with Gasteiger partial charge in [-0.15, -0.1) is 0 Å². The smallest absolute Gasteiger partial charge is 0.410 e. The maximum atomic E-state index is 12.0. The molecule has 0 spiro atoms. The van der Waals surface area contributed by atoms with Crippen LogP contribution in [0.5, 0.6) is 0 Å². The molecule has 20 heavy (non-hydrogen) atoms. The van der Waals surface area contributed by atoms with Gasteiger partial charge in [-0.3, -0.25) is 0 Å². The van der Waals surface area contributed by atoms with Crippen LogP contribution in [0.4, 0.5) is 4.79 Å². The van der Waals surface area contributed by atoms with Crippen molar-refractivity contribution < 1.29 is 9.53 Å². The lowest BCUT2D eigenvalue weighted by Gasteiger charge is -2.33. The van der Waals surface area contributed by atoms with Gasteiger partial charge in [-0.2, -0.15) is 0 Å². The van der Waals surface area contributed by atoms with E-state index < -0.39 is 5.60 Å². The largest absolute Gasteiger partial charge is 0.444 e. The average molecular weight is 271 g/mol. The first-order chi connectivity index (χ1) is 9.35. The zero-order valence-electron chi connectivity index (χ0n) is 12.6. The van der Waals surface area contributed by atoms with E-state index in [2.05, 4.69) is 12.1 Å². The van der Waals surface area contributed by atoms with Crippen LogP contribution in [0.15, 0.2) is 24.3 Å². The van der Waals surface area contributed by atoms with E-state index in [-0.39, 0.29) is 6.09 Å². The Bertz CT molecular complexity index is 456. The fourth-order valence-electron chi connectivity index (χ4n) is 2.49. The van der Waals surface area contributed by atoms with Crippen LogP contribution in [-0.2, 0) is 4.74 Å². The highest BCUT2D eigenvalue weighted by Crippen LogP contribution is 2.28. The quantitative estimate of drug-likeness (QED) is 0.735. The molecule has 1 aliphatic rings. The maximum Gasteiger partial charge on any atom is 0.410 e. The summed E-state index contributed by atoms with van der Waals surface area (Å²) in [5.74, 6) is 0.509. The number of likely N-dealkylation sites (tertiary alicyclic amines) is 1. The molecule has 1 amide bonds. The van der Waals surface area contributed by atoms with E-state index in [0.717, 1.165) is 31.4 Å². The second kappa shape index (κ2) is 5.90. The summed E-state index contributed by atoms with van der Waals surface area (Å²) < 4.78 is 5.40. The van der Waals surface area contributed by atoms with E-state index in [1.54, 1.807) is 4.90 Å². The Balaban J connectivity index is 1.89. The minimum atomic E-state index is -0.426. The highest BCUT2D eigenvalue weighted by atomic mass is 16.6. The number of nitrogens with zero attached hydrogens (tertiary/aromatic N) is 1. The van der Waals surface area contributed by atoms with Gasteiger partial charge < -0.3 is 9.64 Å². The minimum Gasteiger partial charge on any atom is -0.444 e. The molecule has 0 aliphatic carbocycles. The van der Waals surface area contributed by atoms with Gasteiger partial charge in [0.05, 0.1) is 0 Å². The second-order valence-corrected chi connectivity index (χ2v) is 6.41. The predicted molar refractivity (Wildman–Crippen MR) is 81.6 cm³/mol. The van der Waals surface area contributed by atoms with Gasteiger partial charge in [0.2, 0.25) is 0 Å². The third kappa shape index (κ3) is 4.02. The molecule has 1 aromatic rings. The van der Waals surface area contributed by atoms with E-state index in [1.165, 1.54) is 5.56 Å². The second-order valence-electron chi connectivity index (χ2n) is 6.41. The van der Waals surface area contributed by atoms with Crippen molar-refractivity contribution in [1.82, 2.24) is 4.90 Å². The number of piperidine rings is 1. The number of carbonyl (C=O) groups excluding carboxylic acids is 1. The van der Waals surface area contributed by atoms with Gasteiger partial charge >= 0.3 is 6.09 Å². The number of benzene rings is 1. The molecule has 4 heteroatoms. The minimum absolute atomic E-state index is 0.201. The van der Waals surface area contributed by atoms with Gasteiger partial charge in [0.15, 0.2) is 0 Å². The number of ether oxygens (including phenoxy) is 1. The van der Waals surface area contributed by atoms with Crippen LogP contribution >= 0.6 is 0 Å². The molecule has 1 heterocycles. The first-order valence-electron chi connectivity index (χ1n) is 7.18. The number of amides is 1. The maximum absolute atomic E-state index is 12.0. The van der Waals surface area contributed by atoms with E-state index in [9.17, 15) is 4.79 Å². The van der Waals surface area contributed by atoms with Gasteiger partial charge in [-0.25, -0.2) is 4.79 Å². The van der Waals surface area contributed by atoms with E-state index in [4.69, 9.17) is 12.6 Å². The summed E-state index contributed by atoms with van der Waals surface area (Å²) in [5, 5.41) is 0. The molecule has 1 aromatic carbocycles. The van der Waals surface area contributed by atoms with E-state index in [0.29, 0.717) is 5.92 Å². The predicted octanol–water partition coefficient (Wildman–Crippen LogP) is 2.59. The van der Waals surface area contributed by atoms with Crippen LogP contribution in [0.1, 0.15) is 45.1 Å². The van der Waals surface area contributed by atoms with Crippen LogP contribution in [0.3, 0.4) is 0 Å². The Kier molecular flexibility index (Phi) is 4.41. The van der Waals surface area contributed by atoms with Crippen molar-refractivity contribution in [3.05, 3.63) is 29.8 Å². The molecule has 2 radical (unpaired) electrons. The van der Waals surface area contributed by atoms with Gasteiger partial charge in [0.25, 0.3) is 0 Å². The molecule has 3 nitrogen and oxygen atoms in total. The Morgan fingerprint density at radius 2 is 1.75 bits per heavy atom. The first-order valence-corrected chi connectivity index (χ1v) is 7.18. The lowest BCUT2D eigenvalue weighted by molar-refractivity contribution is 0.0205. The topological polar surface area (TPSA) is 29.5 Å². The molecule has 1 saturated heterocycles. The van der Waals surface area contributed by atoms with Crippen LogP contribution in [0.25, 0.3) is 0 Å². The van der Waals surface area contributed by atoms with Crippen molar-refractivity contribution in [3.63, 3.8) is 0 Å². The van der Waals surface area contributed by atoms with Crippen LogP contribution in [0, 0.1) is 0 Å². The van der Waals surface area contributed by atoms with Crippen LogP contribution in [0.2, 0.25) is 0 Å². The normalized spacial score (nSPS) is 17.1. The van der Waals surface area contributed by atoms with Gasteiger partial charge in [-0.05, 0) is 45.1 Å². The number of rotatable bonds is 1. The molecule has 0 atom stereocenters. The molecule has 0 aromatic heterocycles. The van der Waals surface area contributed by atoms with Gasteiger partial charge in [0, 0.05) is 13.1 Å². The SMILES string of the molecule is [B]c1ccc(C2CCN(C(=O)OC(C)(C)C)CC2)cc1. The standard InChI is InChI=1S/C16H22BNO2/c1-16(2,3)20-15(19)18-10-8-13(9-11-18)12-4-6-14(17)7-5-12/h4-7,13H,8-11H2,1-3H3. The molecule has 2 rings (SSSR count). The summed E-state index contributed by atoms with van der Waals surface area (Å²) in [6.07, 6.45) is 1.75. The van der Waals surface area contributed by atoms with Crippen molar-refractivity contribution in [1.29, 1.82) is 0 Å². The summed E-state index contributed by atoms with van der Waals surface area (Å²) in [5.41, 5.74) is 1.67. The lowest BCUT2D eigenvalue weighted by atomic mass is 9.87. The first kappa shape index (κ1) is 15.0. The summed E-state index contributed by atoms with van der Waals surface area (Å²) >= 11 is 0. The molecule has 0 N–H and O–H groups in total. The highest BCUT2D eigenvalue weighted by Gasteiger charge is 2.27. The summed E-state index contributed by atoms with van der Waals surface area (Å²) in [6.45, 7) is 7.19. The Hall–Kier alpha value is -1.45. The molecule has 1 aliphatic heterocycles. The third-order valence-electron chi connectivity index (χ3n) is 3.55. The third-order valence-corrected chi connectivity index (χ3v) is 3.55. The molecule has 106 valence electrons. The molecule has 0 saturated carbocycles. The number of hydrogen-bond donors (Lipinski definition) is 0. The lowest BCUT2D eigenvalue weighted by Crippen LogP contribution is -2.41. The molecule has 0 unspecified atom stereocenters. The van der Waals surface area contributed by atoms with Crippen molar-refractivity contribution in [2.75, 3.05) is 13.1 Å². The highest BCUT2D eigenvalue weighted by molar-refractivity contribution is 6.32. The van der Waals surface area contributed by atoms with Crippen LogP contribution < -0.4 is 5.46 Å². The fourth-order valence-corrected chi connectivity index (χ4v) is 2.49. The average Bonchev–Trinajstić information content (AvgIpc) is 2.38. The summed E-state index contributed by atoms with van der Waals surface area (Å²) in [6, 6.07) is 8.05. The fraction of sp³-hybridized carbons (Fsp3) is 0.562. The Labute approximate surface area is 122 Å². The number of hydrogen-bond acceptors (Lipinski definition) is 2. The molecular weight excluding hydrogens is 249 g/mol. The Morgan fingerprint density at radius 1 is 1.20 bits per heavy atom. The Morgan fingerprint density at radius 3 is 2.25 bits per heavy atom. The zero-order valence-corrected chi connectivity index (χ0v) is 12.6. The van der Waals surface area contributed by atoms with Crippen molar-refractivity contribution in [2.45, 2.75) is 45.1 Å². The van der Waals surface area contributed by atoms with Crippen molar-refractivity contribution in [2.24, 2.45) is 0 Å². The molecular formula is C16H22BNO2. The van der Waals surface area contributed by atoms with Crippen LogP contribution in [-0.4, -0.2) is 37.5 Å². The zero-order chi connectivity index (χ0) is 14.8. The summed E-state index contributed by atoms with van der Waals surface area (Å²) in [4.78, 5) is 13.8. The summed E-state index contributed by atoms with van der Waals surface area (Å²) in [7, 11) is 5.71. The van der Waals surface area contributed by atoms with Crippen molar-refractivity contribution in [3.8, 4) is 0 Å². The van der Waals surface area contributed by atoms with Crippen molar-refractivity contribution >= 4 is 19.4 Å².